The van der Waals surface area contributed by atoms with Crippen molar-refractivity contribution in [3.8, 4) is 0 Å². The molecule has 1 heterocycles. The summed E-state index contributed by atoms with van der Waals surface area (Å²) in [5.41, 5.74) is 4.81. The Morgan fingerprint density at radius 3 is 2.38 bits per heavy atom. The van der Waals surface area contributed by atoms with E-state index in [1.54, 1.807) is 11.1 Å². The van der Waals surface area contributed by atoms with Gasteiger partial charge in [0.05, 0.1) is 0 Å². The highest BCUT2D eigenvalue weighted by Gasteiger charge is 2.20. The van der Waals surface area contributed by atoms with Crippen LogP contribution in [-0.4, -0.2) is 49.0 Å². The average molecular weight is 302 g/mol. The Morgan fingerprint density at radius 2 is 1.67 bits per heavy atom. The number of rotatable bonds is 4. The van der Waals surface area contributed by atoms with Gasteiger partial charge in [-0.3, -0.25) is 9.57 Å². The zero-order valence-corrected chi connectivity index (χ0v) is 14.1. The van der Waals surface area contributed by atoms with Crippen molar-refractivity contribution in [3.05, 3.63) is 41.5 Å². The predicted molar refractivity (Wildman–Crippen MR) is 94.1 cm³/mol. The second-order valence-corrected chi connectivity index (χ2v) is 7.22. The van der Waals surface area contributed by atoms with Gasteiger partial charge in [-0.1, -0.05) is 44.6 Å². The summed E-state index contributed by atoms with van der Waals surface area (Å²) < 4.78 is 2.59. The third-order valence-electron chi connectivity index (χ3n) is 4.81. The van der Waals surface area contributed by atoms with E-state index in [0.29, 0.717) is 0 Å². The molecule has 21 heavy (non-hydrogen) atoms. The summed E-state index contributed by atoms with van der Waals surface area (Å²) in [6, 6.07) is 11.1. The number of benzene rings is 1. The van der Waals surface area contributed by atoms with Crippen LogP contribution >= 0.6 is 8.73 Å². The highest BCUT2D eigenvalue weighted by Crippen LogP contribution is 2.33. The second kappa shape index (κ2) is 7.54. The van der Waals surface area contributed by atoms with Gasteiger partial charge in [0.15, 0.2) is 0 Å². The van der Waals surface area contributed by atoms with Crippen molar-refractivity contribution in [2.45, 2.75) is 25.7 Å². The SMILES string of the molecule is CPN1CCN(CC2=C(c3ccccc3)CCCC2)CC1. The van der Waals surface area contributed by atoms with Crippen LogP contribution in [-0.2, 0) is 0 Å². The first-order chi connectivity index (χ1) is 10.4. The van der Waals surface area contributed by atoms with Gasteiger partial charge in [-0.05, 0) is 43.5 Å². The van der Waals surface area contributed by atoms with Crippen LogP contribution in [0.1, 0.15) is 31.2 Å². The monoisotopic (exact) mass is 302 g/mol. The maximum absolute atomic E-state index is 2.67. The van der Waals surface area contributed by atoms with Crippen molar-refractivity contribution in [2.24, 2.45) is 0 Å². The zero-order valence-electron chi connectivity index (χ0n) is 13.1. The van der Waals surface area contributed by atoms with E-state index in [-0.39, 0.29) is 0 Å². The molecule has 0 radical (unpaired) electrons. The first-order valence-electron chi connectivity index (χ1n) is 8.28. The molecular formula is C18H27N2P. The first kappa shape index (κ1) is 15.2. The molecular weight excluding hydrogens is 275 g/mol. The van der Waals surface area contributed by atoms with E-state index in [1.165, 1.54) is 64.0 Å². The van der Waals surface area contributed by atoms with Crippen LogP contribution in [0.4, 0.5) is 0 Å². The Balaban J connectivity index is 1.71. The topological polar surface area (TPSA) is 6.48 Å². The molecule has 0 saturated carbocycles. The number of hydrogen-bond acceptors (Lipinski definition) is 2. The fourth-order valence-corrected chi connectivity index (χ4v) is 4.18. The smallest absolute Gasteiger partial charge is 0.0200 e. The summed E-state index contributed by atoms with van der Waals surface area (Å²) >= 11 is 0. The zero-order chi connectivity index (χ0) is 14.5. The third kappa shape index (κ3) is 3.94. The molecule has 2 nitrogen and oxygen atoms in total. The van der Waals surface area contributed by atoms with Crippen LogP contribution < -0.4 is 0 Å². The molecule has 0 spiro atoms. The van der Waals surface area contributed by atoms with E-state index in [2.05, 4.69) is 46.6 Å². The molecule has 0 aromatic heterocycles. The Bertz CT molecular complexity index is 475. The maximum Gasteiger partial charge on any atom is 0.0200 e. The fraction of sp³-hybridized carbons (Fsp3) is 0.556. The van der Waals surface area contributed by atoms with Crippen LogP contribution in [0.2, 0.25) is 0 Å². The molecule has 3 rings (SSSR count). The molecule has 1 aliphatic heterocycles. The van der Waals surface area contributed by atoms with Crippen LogP contribution in [0.15, 0.2) is 35.9 Å². The van der Waals surface area contributed by atoms with Gasteiger partial charge in [0.1, 0.15) is 0 Å². The lowest BCUT2D eigenvalue weighted by molar-refractivity contribution is 0.206. The van der Waals surface area contributed by atoms with Crippen molar-refractivity contribution >= 4 is 14.3 Å². The number of hydrogen-bond donors (Lipinski definition) is 0. The highest BCUT2D eigenvalue weighted by molar-refractivity contribution is 7.34. The molecule has 1 atom stereocenters. The van der Waals surface area contributed by atoms with E-state index in [4.69, 9.17) is 0 Å². The van der Waals surface area contributed by atoms with Gasteiger partial charge < -0.3 is 0 Å². The van der Waals surface area contributed by atoms with E-state index in [0.717, 1.165) is 8.73 Å². The lowest BCUT2D eigenvalue weighted by Crippen LogP contribution is -2.43. The van der Waals surface area contributed by atoms with Crippen LogP contribution in [0, 0.1) is 0 Å². The summed E-state index contributed by atoms with van der Waals surface area (Å²) in [6.07, 6.45) is 5.32. The summed E-state index contributed by atoms with van der Waals surface area (Å²) in [6.45, 7) is 8.49. The number of piperazine rings is 1. The summed E-state index contributed by atoms with van der Waals surface area (Å²) in [4.78, 5) is 2.67. The molecule has 1 fully saturated rings. The Labute approximate surface area is 131 Å². The molecule has 3 heteroatoms. The lowest BCUT2D eigenvalue weighted by Gasteiger charge is -2.35. The Morgan fingerprint density at radius 1 is 0.952 bits per heavy atom. The molecule has 2 aliphatic rings. The molecule has 114 valence electrons. The molecule has 0 amide bonds. The van der Waals surface area contributed by atoms with E-state index in [1.807, 2.05) is 0 Å². The van der Waals surface area contributed by atoms with Crippen molar-refractivity contribution in [1.29, 1.82) is 0 Å². The summed E-state index contributed by atoms with van der Waals surface area (Å²) in [5.74, 6) is 0. The van der Waals surface area contributed by atoms with Crippen molar-refractivity contribution in [2.75, 3.05) is 39.4 Å². The molecule has 1 aromatic carbocycles. The van der Waals surface area contributed by atoms with Crippen molar-refractivity contribution in [3.63, 3.8) is 0 Å². The second-order valence-electron chi connectivity index (χ2n) is 6.14. The largest absolute Gasteiger partial charge is 0.297 e. The standard InChI is InChI=1S/C18H27N2P/c1-21-20-13-11-19(12-14-20)15-17-9-5-6-10-18(17)16-7-3-2-4-8-16/h2-4,7-8,21H,5-6,9-15H2,1H3. The highest BCUT2D eigenvalue weighted by atomic mass is 31.1. The van der Waals surface area contributed by atoms with Crippen molar-refractivity contribution in [1.82, 2.24) is 9.57 Å². The van der Waals surface area contributed by atoms with E-state index < -0.39 is 0 Å². The fourth-order valence-electron chi connectivity index (χ4n) is 3.53. The quantitative estimate of drug-likeness (QED) is 0.779. The normalized spacial score (nSPS) is 22.3. The minimum atomic E-state index is 0.972. The van der Waals surface area contributed by atoms with E-state index in [9.17, 15) is 0 Å². The Kier molecular flexibility index (Phi) is 5.46. The van der Waals surface area contributed by atoms with Gasteiger partial charge in [0, 0.05) is 32.7 Å². The molecule has 0 bridgehead atoms. The van der Waals surface area contributed by atoms with Gasteiger partial charge in [0.25, 0.3) is 0 Å². The van der Waals surface area contributed by atoms with E-state index >= 15 is 0 Å². The minimum Gasteiger partial charge on any atom is -0.297 e. The maximum atomic E-state index is 2.67. The molecule has 0 N–H and O–H groups in total. The molecule has 1 saturated heterocycles. The number of allylic oxidation sites excluding steroid dienone is 1. The van der Waals surface area contributed by atoms with Gasteiger partial charge in [0.2, 0.25) is 0 Å². The first-order valence-corrected chi connectivity index (χ1v) is 9.72. The van der Waals surface area contributed by atoms with Gasteiger partial charge in [-0.15, -0.1) is 0 Å². The average Bonchev–Trinajstić information content (AvgIpc) is 2.57. The van der Waals surface area contributed by atoms with Crippen LogP contribution in [0.5, 0.6) is 0 Å². The predicted octanol–water partition coefficient (Wildman–Crippen LogP) is 3.86. The molecule has 1 aromatic rings. The van der Waals surface area contributed by atoms with Gasteiger partial charge in [-0.25, -0.2) is 0 Å². The lowest BCUT2D eigenvalue weighted by atomic mass is 9.87. The summed E-state index contributed by atoms with van der Waals surface area (Å²) in [7, 11) is 0.972. The minimum absolute atomic E-state index is 0.972. The Hall–Kier alpha value is -0.690. The molecule has 1 aliphatic carbocycles. The van der Waals surface area contributed by atoms with Crippen LogP contribution in [0.25, 0.3) is 5.57 Å². The van der Waals surface area contributed by atoms with Crippen molar-refractivity contribution < 1.29 is 0 Å². The molecule has 1 unspecified atom stereocenters. The summed E-state index contributed by atoms with van der Waals surface area (Å²) in [5, 5.41) is 0. The number of nitrogens with zero attached hydrogens (tertiary/aromatic N) is 2. The third-order valence-corrected chi connectivity index (χ3v) is 5.89. The van der Waals surface area contributed by atoms with Gasteiger partial charge in [-0.2, -0.15) is 0 Å². The van der Waals surface area contributed by atoms with Crippen LogP contribution in [0.3, 0.4) is 0 Å². The van der Waals surface area contributed by atoms with Gasteiger partial charge >= 0.3 is 0 Å².